The lowest BCUT2D eigenvalue weighted by atomic mass is 9.80. The molecule has 1 aromatic rings. The van der Waals surface area contributed by atoms with Crippen LogP contribution in [0.15, 0.2) is 24.3 Å². The molecule has 1 atom stereocenters. The number of methoxy groups -OCH3 is 1. The summed E-state index contributed by atoms with van der Waals surface area (Å²) in [6, 6.07) is 7.48. The topological polar surface area (TPSA) is 52.3 Å². The average Bonchev–Trinajstić information content (AvgIpc) is 2.46. The van der Waals surface area contributed by atoms with E-state index >= 15 is 0 Å². The second kappa shape index (κ2) is 7.51. The largest absolute Gasteiger partial charge is 0.465 e. The zero-order valence-electron chi connectivity index (χ0n) is 11.3. The van der Waals surface area contributed by atoms with Crippen LogP contribution in [0.2, 0.25) is 0 Å². The predicted molar refractivity (Wildman–Crippen MR) is 78.5 cm³/mol. The van der Waals surface area contributed by atoms with Crippen LogP contribution >= 0.6 is 12.4 Å². The smallest absolute Gasteiger partial charge is 0.338 e. The van der Waals surface area contributed by atoms with Crippen LogP contribution in [0.3, 0.4) is 0 Å². The minimum absolute atomic E-state index is 0. The van der Waals surface area contributed by atoms with Crippen LogP contribution in [0.5, 0.6) is 0 Å². The van der Waals surface area contributed by atoms with Gasteiger partial charge in [0, 0.05) is 6.04 Å². The van der Waals surface area contributed by atoms with Gasteiger partial charge in [0.05, 0.1) is 12.7 Å². The maximum atomic E-state index is 11.7. The SMILES string of the molecule is COC(=O)c1ccccc1[C@@H](N)C1CCCCC1.Cl. The van der Waals surface area contributed by atoms with Crippen molar-refractivity contribution in [1.82, 2.24) is 0 Å². The number of carbonyl (C=O) groups is 1. The van der Waals surface area contributed by atoms with Crippen molar-refractivity contribution in [3.05, 3.63) is 35.4 Å². The van der Waals surface area contributed by atoms with E-state index in [-0.39, 0.29) is 24.4 Å². The molecular formula is C15H22ClNO2. The summed E-state index contributed by atoms with van der Waals surface area (Å²) in [5.41, 5.74) is 7.89. The fourth-order valence-electron chi connectivity index (χ4n) is 2.83. The highest BCUT2D eigenvalue weighted by molar-refractivity contribution is 5.91. The summed E-state index contributed by atoms with van der Waals surface area (Å²) in [4.78, 5) is 11.7. The Morgan fingerprint density at radius 1 is 1.26 bits per heavy atom. The molecule has 0 spiro atoms. The number of halogens is 1. The van der Waals surface area contributed by atoms with E-state index < -0.39 is 0 Å². The van der Waals surface area contributed by atoms with E-state index in [1.54, 1.807) is 6.07 Å². The molecule has 2 N–H and O–H groups in total. The van der Waals surface area contributed by atoms with E-state index in [0.717, 1.165) is 18.4 Å². The molecule has 0 aliphatic heterocycles. The molecule has 0 heterocycles. The summed E-state index contributed by atoms with van der Waals surface area (Å²) < 4.78 is 4.82. The Kier molecular flexibility index (Phi) is 6.32. The van der Waals surface area contributed by atoms with Crippen LogP contribution in [0.4, 0.5) is 0 Å². The lowest BCUT2D eigenvalue weighted by Gasteiger charge is -2.28. The van der Waals surface area contributed by atoms with Crippen molar-refractivity contribution in [2.45, 2.75) is 38.1 Å². The number of rotatable bonds is 3. The van der Waals surface area contributed by atoms with Gasteiger partial charge in [0.2, 0.25) is 0 Å². The zero-order valence-corrected chi connectivity index (χ0v) is 12.1. The van der Waals surface area contributed by atoms with E-state index in [2.05, 4.69) is 0 Å². The lowest BCUT2D eigenvalue weighted by molar-refractivity contribution is 0.0598. The van der Waals surface area contributed by atoms with Gasteiger partial charge in [-0.2, -0.15) is 0 Å². The van der Waals surface area contributed by atoms with Crippen molar-refractivity contribution in [3.8, 4) is 0 Å². The van der Waals surface area contributed by atoms with Gasteiger partial charge in [-0.15, -0.1) is 12.4 Å². The third-order valence-corrected chi connectivity index (χ3v) is 3.88. The van der Waals surface area contributed by atoms with Crippen LogP contribution in [0, 0.1) is 5.92 Å². The molecule has 3 nitrogen and oxygen atoms in total. The molecular weight excluding hydrogens is 262 g/mol. The second-order valence-corrected chi connectivity index (χ2v) is 5.00. The summed E-state index contributed by atoms with van der Waals surface area (Å²) in [6.07, 6.45) is 6.13. The van der Waals surface area contributed by atoms with E-state index in [9.17, 15) is 4.79 Å². The molecule has 1 aromatic carbocycles. The molecule has 1 aliphatic carbocycles. The molecule has 0 saturated heterocycles. The number of benzene rings is 1. The van der Waals surface area contributed by atoms with Crippen molar-refractivity contribution >= 4 is 18.4 Å². The first-order valence-corrected chi connectivity index (χ1v) is 6.67. The normalized spacial score (nSPS) is 17.4. The minimum atomic E-state index is -0.295. The Hall–Kier alpha value is -1.06. The second-order valence-electron chi connectivity index (χ2n) is 5.00. The molecule has 2 rings (SSSR count). The van der Waals surface area contributed by atoms with Gasteiger partial charge in [-0.3, -0.25) is 0 Å². The van der Waals surface area contributed by atoms with Crippen molar-refractivity contribution in [1.29, 1.82) is 0 Å². The number of hydrogen-bond donors (Lipinski definition) is 1. The molecule has 0 aromatic heterocycles. The maximum absolute atomic E-state index is 11.7. The van der Waals surface area contributed by atoms with Gasteiger partial charge < -0.3 is 10.5 Å². The number of carbonyl (C=O) groups excluding carboxylic acids is 1. The Morgan fingerprint density at radius 3 is 2.53 bits per heavy atom. The molecule has 0 bridgehead atoms. The first-order chi connectivity index (χ1) is 8.74. The quantitative estimate of drug-likeness (QED) is 0.864. The van der Waals surface area contributed by atoms with E-state index in [1.807, 2.05) is 18.2 Å². The van der Waals surface area contributed by atoms with E-state index in [0.29, 0.717) is 11.5 Å². The molecule has 0 radical (unpaired) electrons. The Bertz CT molecular complexity index is 416. The maximum Gasteiger partial charge on any atom is 0.338 e. The third-order valence-electron chi connectivity index (χ3n) is 3.88. The number of hydrogen-bond acceptors (Lipinski definition) is 3. The van der Waals surface area contributed by atoms with Gasteiger partial charge in [-0.05, 0) is 30.4 Å². The van der Waals surface area contributed by atoms with Crippen molar-refractivity contribution in [3.63, 3.8) is 0 Å². The zero-order chi connectivity index (χ0) is 13.0. The number of ether oxygens (including phenoxy) is 1. The Balaban J connectivity index is 0.00000180. The monoisotopic (exact) mass is 283 g/mol. The predicted octanol–water partition coefficient (Wildman–Crippen LogP) is 3.48. The summed E-state index contributed by atoms with van der Waals surface area (Å²) >= 11 is 0. The van der Waals surface area contributed by atoms with Gasteiger partial charge in [0.25, 0.3) is 0 Å². The molecule has 19 heavy (non-hydrogen) atoms. The lowest BCUT2D eigenvalue weighted by Crippen LogP contribution is -2.25. The van der Waals surface area contributed by atoms with E-state index in [4.69, 9.17) is 10.5 Å². The van der Waals surface area contributed by atoms with E-state index in [1.165, 1.54) is 26.4 Å². The van der Waals surface area contributed by atoms with Crippen LogP contribution < -0.4 is 5.73 Å². The standard InChI is InChI=1S/C15H21NO2.ClH/c1-18-15(17)13-10-6-5-9-12(13)14(16)11-7-3-2-4-8-11;/h5-6,9-11,14H,2-4,7-8,16H2,1H3;1H/t14-;/m0./s1. The minimum Gasteiger partial charge on any atom is -0.465 e. The summed E-state index contributed by atoms with van der Waals surface area (Å²) in [6.45, 7) is 0. The van der Waals surface area contributed by atoms with Gasteiger partial charge in [0.1, 0.15) is 0 Å². The van der Waals surface area contributed by atoms with Gasteiger partial charge >= 0.3 is 5.97 Å². The molecule has 1 fully saturated rings. The van der Waals surface area contributed by atoms with Crippen LogP contribution in [0.1, 0.15) is 54.1 Å². The Morgan fingerprint density at radius 2 is 1.89 bits per heavy atom. The Labute approximate surface area is 120 Å². The van der Waals surface area contributed by atoms with Crippen LogP contribution in [0.25, 0.3) is 0 Å². The molecule has 0 unspecified atom stereocenters. The van der Waals surface area contributed by atoms with Crippen LogP contribution in [-0.4, -0.2) is 13.1 Å². The fraction of sp³-hybridized carbons (Fsp3) is 0.533. The first-order valence-electron chi connectivity index (χ1n) is 6.67. The molecule has 1 saturated carbocycles. The summed E-state index contributed by atoms with van der Waals surface area (Å²) in [5, 5.41) is 0. The molecule has 4 heteroatoms. The van der Waals surface area contributed by atoms with Crippen molar-refractivity contribution in [2.75, 3.05) is 7.11 Å². The van der Waals surface area contributed by atoms with Crippen LogP contribution in [-0.2, 0) is 4.74 Å². The van der Waals surface area contributed by atoms with Gasteiger partial charge in [0.15, 0.2) is 0 Å². The highest BCUT2D eigenvalue weighted by Crippen LogP contribution is 2.34. The number of esters is 1. The fourth-order valence-corrected chi connectivity index (χ4v) is 2.83. The molecule has 1 aliphatic rings. The first kappa shape index (κ1) is 16.0. The van der Waals surface area contributed by atoms with Gasteiger partial charge in [-0.25, -0.2) is 4.79 Å². The highest BCUT2D eigenvalue weighted by Gasteiger charge is 2.25. The average molecular weight is 284 g/mol. The van der Waals surface area contributed by atoms with Crippen molar-refractivity contribution in [2.24, 2.45) is 11.7 Å². The molecule has 106 valence electrons. The summed E-state index contributed by atoms with van der Waals surface area (Å²) in [5.74, 6) is 0.196. The van der Waals surface area contributed by atoms with Crippen molar-refractivity contribution < 1.29 is 9.53 Å². The van der Waals surface area contributed by atoms with Gasteiger partial charge in [-0.1, -0.05) is 37.5 Å². The third kappa shape index (κ3) is 3.71. The molecule has 0 amide bonds. The summed E-state index contributed by atoms with van der Waals surface area (Å²) in [7, 11) is 1.41. The number of nitrogens with two attached hydrogens (primary N) is 1. The highest BCUT2D eigenvalue weighted by atomic mass is 35.5.